The zero-order valence-corrected chi connectivity index (χ0v) is 6.82. The summed E-state index contributed by atoms with van der Waals surface area (Å²) in [6, 6.07) is 5.40. The Morgan fingerprint density at radius 1 is 1.42 bits per heavy atom. The van der Waals surface area contributed by atoms with E-state index in [9.17, 15) is 9.90 Å². The molecular weight excluding hydrogens is 152 g/mol. The molecule has 0 spiro atoms. The Hall–Kier alpha value is -1.57. The van der Waals surface area contributed by atoms with Gasteiger partial charge in [0.25, 0.3) is 0 Å². The number of phenolic OH excluding ortho intramolecular Hbond substituents is 1. The molecule has 0 radical (unpaired) electrons. The van der Waals surface area contributed by atoms with Crippen molar-refractivity contribution in [1.29, 1.82) is 0 Å². The summed E-state index contributed by atoms with van der Waals surface area (Å²) in [6.45, 7) is 1.81. The Bertz CT molecular complexity index is 314. The number of para-hydroxylation sites is 1. The normalized spacial score (nSPS) is 10.4. The van der Waals surface area contributed by atoms with Crippen molar-refractivity contribution in [2.45, 2.75) is 6.92 Å². The van der Waals surface area contributed by atoms with Crippen molar-refractivity contribution in [1.82, 2.24) is 0 Å². The summed E-state index contributed by atoms with van der Waals surface area (Å²) >= 11 is 0. The SMILES string of the molecule is Cc1cccc(/C=C/C=O)c1O. The number of rotatable bonds is 2. The highest BCUT2D eigenvalue weighted by molar-refractivity contribution is 5.75. The van der Waals surface area contributed by atoms with E-state index < -0.39 is 0 Å². The highest BCUT2D eigenvalue weighted by Crippen LogP contribution is 2.22. The van der Waals surface area contributed by atoms with Gasteiger partial charge in [-0.2, -0.15) is 0 Å². The fraction of sp³-hybridized carbons (Fsp3) is 0.100. The smallest absolute Gasteiger partial charge is 0.142 e. The average molecular weight is 162 g/mol. The number of aryl methyl sites for hydroxylation is 1. The van der Waals surface area contributed by atoms with Crippen LogP contribution in [-0.4, -0.2) is 11.4 Å². The van der Waals surface area contributed by atoms with Gasteiger partial charge in [-0.3, -0.25) is 4.79 Å². The molecule has 0 heterocycles. The molecule has 0 unspecified atom stereocenters. The van der Waals surface area contributed by atoms with Gasteiger partial charge in [-0.15, -0.1) is 0 Å². The number of aldehydes is 1. The standard InChI is InChI=1S/C10H10O2/c1-8-4-2-5-9(10(8)12)6-3-7-11/h2-7,12H,1H3/b6-3+. The van der Waals surface area contributed by atoms with Crippen LogP contribution in [0.4, 0.5) is 0 Å². The predicted molar refractivity (Wildman–Crippen MR) is 47.9 cm³/mol. The maximum Gasteiger partial charge on any atom is 0.142 e. The summed E-state index contributed by atoms with van der Waals surface area (Å²) in [5.74, 6) is 0.232. The third kappa shape index (κ3) is 1.72. The number of hydrogen-bond acceptors (Lipinski definition) is 2. The molecule has 0 aliphatic carbocycles. The minimum atomic E-state index is 0.232. The van der Waals surface area contributed by atoms with E-state index in [1.807, 2.05) is 19.1 Å². The van der Waals surface area contributed by atoms with Crippen LogP contribution < -0.4 is 0 Å². The van der Waals surface area contributed by atoms with E-state index in [1.165, 1.54) is 6.08 Å². The van der Waals surface area contributed by atoms with Crippen molar-refractivity contribution in [3.8, 4) is 5.75 Å². The average Bonchev–Trinajstić information content (AvgIpc) is 2.08. The van der Waals surface area contributed by atoms with Gasteiger partial charge in [-0.05, 0) is 24.6 Å². The summed E-state index contributed by atoms with van der Waals surface area (Å²) in [4.78, 5) is 10.0. The summed E-state index contributed by atoms with van der Waals surface area (Å²) in [5, 5.41) is 9.46. The molecule has 0 aliphatic rings. The van der Waals surface area contributed by atoms with Crippen LogP contribution in [0.1, 0.15) is 11.1 Å². The first-order valence-electron chi connectivity index (χ1n) is 3.66. The summed E-state index contributed by atoms with van der Waals surface area (Å²) in [7, 11) is 0. The third-order valence-corrected chi connectivity index (χ3v) is 1.62. The lowest BCUT2D eigenvalue weighted by Crippen LogP contribution is -1.78. The zero-order chi connectivity index (χ0) is 8.97. The molecule has 0 fully saturated rings. The molecule has 1 aromatic rings. The van der Waals surface area contributed by atoms with Gasteiger partial charge in [0.1, 0.15) is 12.0 Å². The number of phenols is 1. The van der Waals surface area contributed by atoms with Crippen LogP contribution in [0.25, 0.3) is 6.08 Å². The van der Waals surface area contributed by atoms with Crippen LogP contribution in [0, 0.1) is 6.92 Å². The van der Waals surface area contributed by atoms with E-state index in [2.05, 4.69) is 0 Å². The lowest BCUT2D eigenvalue weighted by molar-refractivity contribution is -0.104. The van der Waals surface area contributed by atoms with E-state index in [1.54, 1.807) is 12.1 Å². The Labute approximate surface area is 71.2 Å². The molecule has 62 valence electrons. The van der Waals surface area contributed by atoms with Crippen molar-refractivity contribution >= 4 is 12.4 Å². The van der Waals surface area contributed by atoms with Gasteiger partial charge in [-0.1, -0.05) is 18.2 Å². The van der Waals surface area contributed by atoms with Gasteiger partial charge >= 0.3 is 0 Å². The molecule has 0 aromatic heterocycles. The first-order valence-corrected chi connectivity index (χ1v) is 3.66. The maximum atomic E-state index is 10.0. The zero-order valence-electron chi connectivity index (χ0n) is 6.82. The van der Waals surface area contributed by atoms with Gasteiger partial charge in [0.15, 0.2) is 0 Å². The van der Waals surface area contributed by atoms with Crippen LogP contribution in [0.15, 0.2) is 24.3 Å². The Morgan fingerprint density at radius 3 is 2.83 bits per heavy atom. The summed E-state index contributed by atoms with van der Waals surface area (Å²) in [6.07, 6.45) is 3.62. The van der Waals surface area contributed by atoms with E-state index in [-0.39, 0.29) is 5.75 Å². The lowest BCUT2D eigenvalue weighted by Gasteiger charge is -2.00. The molecule has 1 rings (SSSR count). The summed E-state index contributed by atoms with van der Waals surface area (Å²) < 4.78 is 0. The Kier molecular flexibility index (Phi) is 2.64. The molecule has 0 bridgehead atoms. The second-order valence-electron chi connectivity index (χ2n) is 2.51. The molecule has 12 heavy (non-hydrogen) atoms. The maximum absolute atomic E-state index is 10.0. The minimum Gasteiger partial charge on any atom is -0.507 e. The molecule has 0 saturated carbocycles. The van der Waals surface area contributed by atoms with Gasteiger partial charge in [0.05, 0.1) is 0 Å². The van der Waals surface area contributed by atoms with Crippen LogP contribution in [-0.2, 0) is 4.79 Å². The molecule has 0 amide bonds. The van der Waals surface area contributed by atoms with Gasteiger partial charge < -0.3 is 5.11 Å². The second-order valence-corrected chi connectivity index (χ2v) is 2.51. The van der Waals surface area contributed by atoms with Crippen molar-refractivity contribution in [3.63, 3.8) is 0 Å². The number of allylic oxidation sites excluding steroid dienone is 1. The fourth-order valence-electron chi connectivity index (χ4n) is 0.959. The van der Waals surface area contributed by atoms with Gasteiger partial charge in [-0.25, -0.2) is 0 Å². The topological polar surface area (TPSA) is 37.3 Å². The highest BCUT2D eigenvalue weighted by atomic mass is 16.3. The number of aromatic hydroxyl groups is 1. The van der Waals surface area contributed by atoms with E-state index in [0.29, 0.717) is 11.8 Å². The molecule has 0 atom stereocenters. The van der Waals surface area contributed by atoms with E-state index in [0.717, 1.165) is 5.56 Å². The quantitative estimate of drug-likeness (QED) is 0.532. The lowest BCUT2D eigenvalue weighted by atomic mass is 10.1. The van der Waals surface area contributed by atoms with E-state index in [4.69, 9.17) is 0 Å². The van der Waals surface area contributed by atoms with Gasteiger partial charge in [0, 0.05) is 5.56 Å². The fourth-order valence-corrected chi connectivity index (χ4v) is 0.959. The number of carbonyl (C=O) groups excluding carboxylic acids is 1. The van der Waals surface area contributed by atoms with Gasteiger partial charge in [0.2, 0.25) is 0 Å². The Morgan fingerprint density at radius 2 is 2.17 bits per heavy atom. The van der Waals surface area contributed by atoms with Crippen molar-refractivity contribution in [2.24, 2.45) is 0 Å². The molecule has 1 N–H and O–H groups in total. The molecule has 2 heteroatoms. The van der Waals surface area contributed by atoms with Crippen molar-refractivity contribution in [3.05, 3.63) is 35.4 Å². The Balaban J connectivity index is 3.07. The van der Waals surface area contributed by atoms with Crippen LogP contribution in [0.3, 0.4) is 0 Å². The monoisotopic (exact) mass is 162 g/mol. The van der Waals surface area contributed by atoms with E-state index >= 15 is 0 Å². The number of benzene rings is 1. The predicted octanol–water partition coefficient (Wildman–Crippen LogP) is 1.91. The molecule has 1 aromatic carbocycles. The summed E-state index contributed by atoms with van der Waals surface area (Å²) in [5.41, 5.74) is 1.48. The van der Waals surface area contributed by atoms with Crippen molar-refractivity contribution in [2.75, 3.05) is 0 Å². The molecule has 0 aliphatic heterocycles. The molecular formula is C10H10O2. The number of carbonyl (C=O) groups is 1. The van der Waals surface area contributed by atoms with Crippen LogP contribution >= 0.6 is 0 Å². The largest absolute Gasteiger partial charge is 0.507 e. The molecule has 0 saturated heterocycles. The first-order chi connectivity index (χ1) is 5.75. The third-order valence-electron chi connectivity index (χ3n) is 1.62. The molecule has 2 nitrogen and oxygen atoms in total. The minimum absolute atomic E-state index is 0.232. The second kappa shape index (κ2) is 3.72. The van der Waals surface area contributed by atoms with Crippen LogP contribution in [0.5, 0.6) is 5.75 Å². The van der Waals surface area contributed by atoms with Crippen LogP contribution in [0.2, 0.25) is 0 Å². The number of hydrogen-bond donors (Lipinski definition) is 1. The first kappa shape index (κ1) is 8.53. The van der Waals surface area contributed by atoms with Crippen molar-refractivity contribution < 1.29 is 9.90 Å². The highest BCUT2D eigenvalue weighted by Gasteiger charge is 1.98.